The van der Waals surface area contributed by atoms with E-state index in [1.165, 1.54) is 11.8 Å². The summed E-state index contributed by atoms with van der Waals surface area (Å²) in [4.78, 5) is 51.0. The van der Waals surface area contributed by atoms with E-state index in [-0.39, 0.29) is 17.2 Å². The molecule has 0 saturated carbocycles. The molecular formula is C26H26N2O6S. The number of amides is 2. The number of carboxylic acids is 1. The summed E-state index contributed by atoms with van der Waals surface area (Å²) in [6.45, 7) is 5.12. The molecule has 4 rings (SSSR count). The van der Waals surface area contributed by atoms with Gasteiger partial charge in [0.05, 0.1) is 0 Å². The van der Waals surface area contributed by atoms with Crippen LogP contribution in [0.2, 0.25) is 0 Å². The fourth-order valence-corrected chi connectivity index (χ4v) is 6.13. The second-order valence-corrected chi connectivity index (χ2v) is 10.6. The quantitative estimate of drug-likeness (QED) is 0.467. The smallest absolute Gasteiger partial charge is 0.408 e. The van der Waals surface area contributed by atoms with Crippen LogP contribution in [0.5, 0.6) is 0 Å². The number of benzene rings is 2. The lowest BCUT2D eigenvalue weighted by Gasteiger charge is -2.51. The van der Waals surface area contributed by atoms with Crippen molar-refractivity contribution in [3.8, 4) is 0 Å². The lowest BCUT2D eigenvalue weighted by molar-refractivity contribution is -0.149. The zero-order valence-electron chi connectivity index (χ0n) is 19.5. The van der Waals surface area contributed by atoms with Gasteiger partial charge in [0, 0.05) is 16.7 Å². The number of ether oxygens (including phenoxy) is 1. The minimum absolute atomic E-state index is 0.0283. The molecule has 8 nitrogen and oxygen atoms in total. The number of alkyl carbamates (subject to hydrolysis) is 1. The summed E-state index contributed by atoms with van der Waals surface area (Å²) in [5.41, 5.74) is 0.715. The molecule has 0 aliphatic carbocycles. The number of fused-ring (bicyclic) bond motifs is 1. The van der Waals surface area contributed by atoms with Crippen LogP contribution >= 0.6 is 11.8 Å². The maximum atomic E-state index is 12.9. The van der Waals surface area contributed by atoms with Gasteiger partial charge in [-0.1, -0.05) is 60.7 Å². The maximum Gasteiger partial charge on any atom is 0.408 e. The van der Waals surface area contributed by atoms with Crippen molar-refractivity contribution < 1.29 is 29.0 Å². The molecule has 1 fully saturated rings. The van der Waals surface area contributed by atoms with Crippen LogP contribution in [-0.4, -0.2) is 56.5 Å². The molecule has 0 bridgehead atoms. The number of carboxylic acid groups (broad SMARTS) is 1. The molecule has 2 aromatic rings. The Kier molecular flexibility index (Phi) is 6.71. The van der Waals surface area contributed by atoms with Crippen LogP contribution < -0.4 is 5.32 Å². The molecule has 9 heteroatoms. The summed E-state index contributed by atoms with van der Waals surface area (Å²) in [7, 11) is 0. The Hall–Kier alpha value is -3.59. The molecule has 2 N–H and O–H groups in total. The molecule has 2 aliphatic heterocycles. The highest BCUT2D eigenvalue weighted by atomic mass is 32.2. The van der Waals surface area contributed by atoms with Gasteiger partial charge in [0.1, 0.15) is 29.0 Å². The first-order valence-electron chi connectivity index (χ1n) is 11.1. The van der Waals surface area contributed by atoms with Crippen LogP contribution in [0, 0.1) is 0 Å². The molecule has 1 saturated heterocycles. The predicted molar refractivity (Wildman–Crippen MR) is 131 cm³/mol. The van der Waals surface area contributed by atoms with Crippen molar-refractivity contribution in [1.29, 1.82) is 0 Å². The lowest BCUT2D eigenvalue weighted by atomic mass is 9.84. The Balaban J connectivity index is 1.77. The number of hydrogen-bond donors (Lipinski definition) is 2. The van der Waals surface area contributed by atoms with E-state index in [1.54, 1.807) is 20.8 Å². The van der Waals surface area contributed by atoms with E-state index in [1.807, 2.05) is 60.7 Å². The zero-order chi connectivity index (χ0) is 25.3. The fourth-order valence-electron chi connectivity index (χ4n) is 4.38. The normalized spacial score (nSPS) is 21.8. The second kappa shape index (κ2) is 9.58. The minimum Gasteiger partial charge on any atom is -0.477 e. The molecule has 182 valence electrons. The molecule has 2 aromatic carbocycles. The highest BCUT2D eigenvalue weighted by Gasteiger charge is 2.57. The van der Waals surface area contributed by atoms with Crippen molar-refractivity contribution >= 4 is 36.0 Å². The van der Waals surface area contributed by atoms with Crippen LogP contribution in [0.1, 0.15) is 37.8 Å². The van der Waals surface area contributed by atoms with Gasteiger partial charge in [-0.15, -0.1) is 11.8 Å². The minimum atomic E-state index is -1.37. The summed E-state index contributed by atoms with van der Waals surface area (Å²) >= 11 is 1.29. The van der Waals surface area contributed by atoms with Gasteiger partial charge in [0.2, 0.25) is 0 Å². The number of thioether (sulfide) groups is 1. The SMILES string of the molecule is CC(C)(C)OC(=O)N[C@@H]1C(=O)N2C(C(=O)O)=C(C=O)C(C(c3ccccc3)c3ccccc3)S[C@H]12. The summed E-state index contributed by atoms with van der Waals surface area (Å²) in [5, 5.41) is 11.3. The predicted octanol–water partition coefficient (Wildman–Crippen LogP) is 3.53. The van der Waals surface area contributed by atoms with Gasteiger partial charge in [-0.2, -0.15) is 0 Å². The van der Waals surface area contributed by atoms with Crippen LogP contribution in [0.3, 0.4) is 0 Å². The average Bonchev–Trinajstić information content (AvgIpc) is 2.82. The van der Waals surface area contributed by atoms with Crippen LogP contribution in [0.4, 0.5) is 4.79 Å². The maximum absolute atomic E-state index is 12.9. The lowest BCUT2D eigenvalue weighted by Crippen LogP contribution is -2.71. The highest BCUT2D eigenvalue weighted by Crippen LogP contribution is 2.49. The summed E-state index contributed by atoms with van der Waals surface area (Å²) in [5.74, 6) is -2.33. The van der Waals surface area contributed by atoms with Crippen LogP contribution in [0.25, 0.3) is 0 Å². The van der Waals surface area contributed by atoms with Crippen molar-refractivity contribution in [1.82, 2.24) is 10.2 Å². The van der Waals surface area contributed by atoms with E-state index in [0.717, 1.165) is 16.0 Å². The topological polar surface area (TPSA) is 113 Å². The van der Waals surface area contributed by atoms with E-state index in [9.17, 15) is 24.3 Å². The summed E-state index contributed by atoms with van der Waals surface area (Å²) in [6.07, 6.45) is -0.240. The largest absolute Gasteiger partial charge is 0.477 e. The number of aldehydes is 1. The van der Waals surface area contributed by atoms with E-state index < -0.39 is 40.2 Å². The first kappa shape index (κ1) is 24.5. The summed E-state index contributed by atoms with van der Waals surface area (Å²) in [6, 6.07) is 18.0. The molecule has 2 heterocycles. The number of aliphatic carboxylic acids is 1. The molecule has 0 spiro atoms. The van der Waals surface area contributed by atoms with Crippen molar-refractivity contribution in [2.45, 2.75) is 49.0 Å². The Morgan fingerprint density at radius 3 is 2.06 bits per heavy atom. The van der Waals surface area contributed by atoms with E-state index in [4.69, 9.17) is 4.74 Å². The standard InChI is InChI=1S/C26H26N2O6S/c1-26(2,3)34-25(33)27-19-22(30)28-20(24(31)32)17(14-29)21(35-23(19)28)18(15-10-6-4-7-11-15)16-12-8-5-9-13-16/h4-14,18-19,21,23H,1-3H3,(H,27,33)(H,31,32)/t19-,21?,23-/m1/s1. The van der Waals surface area contributed by atoms with E-state index in [0.29, 0.717) is 6.29 Å². The molecule has 3 atom stereocenters. The molecule has 0 aromatic heterocycles. The van der Waals surface area contributed by atoms with Gasteiger partial charge in [-0.3, -0.25) is 14.5 Å². The van der Waals surface area contributed by atoms with Crippen LogP contribution in [0.15, 0.2) is 71.9 Å². The van der Waals surface area contributed by atoms with Gasteiger partial charge in [0.25, 0.3) is 5.91 Å². The van der Waals surface area contributed by atoms with E-state index >= 15 is 0 Å². The average molecular weight is 495 g/mol. The molecule has 2 amide bonds. The third-order valence-electron chi connectivity index (χ3n) is 5.77. The Labute approximate surface area is 207 Å². The molecule has 2 aliphatic rings. The number of hydrogen-bond acceptors (Lipinski definition) is 6. The van der Waals surface area contributed by atoms with Crippen molar-refractivity contribution in [3.63, 3.8) is 0 Å². The number of nitrogens with zero attached hydrogens (tertiary/aromatic N) is 1. The number of rotatable bonds is 6. The van der Waals surface area contributed by atoms with Crippen molar-refractivity contribution in [3.05, 3.63) is 83.1 Å². The Morgan fingerprint density at radius 2 is 1.60 bits per heavy atom. The zero-order valence-corrected chi connectivity index (χ0v) is 20.3. The number of β-lactam (4-membered cyclic amide) rings is 1. The first-order valence-corrected chi connectivity index (χ1v) is 12.1. The fraction of sp³-hybridized carbons (Fsp3) is 0.308. The molecular weight excluding hydrogens is 468 g/mol. The van der Waals surface area contributed by atoms with Crippen molar-refractivity contribution in [2.75, 3.05) is 0 Å². The van der Waals surface area contributed by atoms with Gasteiger partial charge in [-0.05, 0) is 31.9 Å². The van der Waals surface area contributed by atoms with Crippen molar-refractivity contribution in [2.24, 2.45) is 0 Å². The monoisotopic (exact) mass is 494 g/mol. The number of nitrogens with one attached hydrogen (secondary N) is 1. The van der Waals surface area contributed by atoms with Gasteiger partial charge >= 0.3 is 12.1 Å². The van der Waals surface area contributed by atoms with Crippen LogP contribution in [-0.2, 0) is 19.1 Å². The third-order valence-corrected chi connectivity index (χ3v) is 7.35. The van der Waals surface area contributed by atoms with Gasteiger partial charge in [0.15, 0.2) is 0 Å². The van der Waals surface area contributed by atoms with Gasteiger partial charge < -0.3 is 15.2 Å². The number of carbonyl (C=O) groups excluding carboxylic acids is 3. The summed E-state index contributed by atoms with van der Waals surface area (Å²) < 4.78 is 5.29. The highest BCUT2D eigenvalue weighted by molar-refractivity contribution is 8.01. The Bertz CT molecular complexity index is 1140. The number of carbonyl (C=O) groups is 4. The first-order chi connectivity index (χ1) is 16.6. The Morgan fingerprint density at radius 1 is 1.06 bits per heavy atom. The molecule has 1 unspecified atom stereocenters. The molecule has 0 radical (unpaired) electrons. The second-order valence-electron chi connectivity index (χ2n) is 9.31. The van der Waals surface area contributed by atoms with E-state index in [2.05, 4.69) is 5.32 Å². The third kappa shape index (κ3) is 4.81. The molecule has 35 heavy (non-hydrogen) atoms. The van der Waals surface area contributed by atoms with Gasteiger partial charge in [-0.25, -0.2) is 9.59 Å².